The van der Waals surface area contributed by atoms with Gasteiger partial charge in [-0.1, -0.05) is 18.6 Å². The van der Waals surface area contributed by atoms with Crippen molar-refractivity contribution in [1.82, 2.24) is 0 Å². The van der Waals surface area contributed by atoms with Crippen molar-refractivity contribution in [2.45, 2.75) is 19.3 Å². The van der Waals surface area contributed by atoms with Crippen molar-refractivity contribution in [1.29, 1.82) is 5.41 Å². The highest BCUT2D eigenvalue weighted by Gasteiger charge is 2.18. The van der Waals surface area contributed by atoms with Crippen molar-refractivity contribution in [3.63, 3.8) is 0 Å². The topological polar surface area (TPSA) is 59.1 Å². The van der Waals surface area contributed by atoms with E-state index in [9.17, 15) is 0 Å². The summed E-state index contributed by atoms with van der Waals surface area (Å²) in [5.74, 6) is 1.50. The number of benzene rings is 1. The Morgan fingerprint density at radius 3 is 2.73 bits per heavy atom. The highest BCUT2D eigenvalue weighted by molar-refractivity contribution is 5.97. The summed E-state index contributed by atoms with van der Waals surface area (Å²) < 4.78 is 5.68. The van der Waals surface area contributed by atoms with E-state index in [0.29, 0.717) is 11.5 Å². The van der Waals surface area contributed by atoms with E-state index in [2.05, 4.69) is 0 Å². The molecule has 0 radical (unpaired) electrons. The van der Waals surface area contributed by atoms with Crippen molar-refractivity contribution in [3.8, 4) is 5.75 Å². The Labute approximate surface area is 89.8 Å². The molecule has 3 heteroatoms. The van der Waals surface area contributed by atoms with Crippen LogP contribution in [0.1, 0.15) is 24.8 Å². The van der Waals surface area contributed by atoms with Crippen molar-refractivity contribution in [3.05, 3.63) is 29.8 Å². The van der Waals surface area contributed by atoms with Crippen LogP contribution >= 0.6 is 0 Å². The normalized spacial score (nSPS) is 15.7. The van der Waals surface area contributed by atoms with Crippen LogP contribution in [0.5, 0.6) is 5.75 Å². The molecule has 0 atom stereocenters. The molecule has 1 saturated carbocycles. The number of nitrogens with one attached hydrogen (secondary N) is 1. The molecule has 3 N–H and O–H groups in total. The molecule has 0 saturated heterocycles. The lowest BCUT2D eigenvalue weighted by Crippen LogP contribution is -2.21. The first-order chi connectivity index (χ1) is 7.27. The smallest absolute Gasteiger partial charge is 0.130 e. The molecule has 80 valence electrons. The van der Waals surface area contributed by atoms with Crippen LogP contribution in [-0.2, 0) is 0 Å². The lowest BCUT2D eigenvalue weighted by molar-refractivity contribution is 0.180. The van der Waals surface area contributed by atoms with E-state index in [1.807, 2.05) is 24.3 Å². The second-order valence-corrected chi connectivity index (χ2v) is 4.02. The molecule has 0 bridgehead atoms. The Morgan fingerprint density at radius 2 is 2.13 bits per heavy atom. The number of para-hydroxylation sites is 1. The Balaban J connectivity index is 2.02. The Morgan fingerprint density at radius 1 is 1.40 bits per heavy atom. The first-order valence-electron chi connectivity index (χ1n) is 5.33. The maximum atomic E-state index is 7.42. The number of amidine groups is 1. The van der Waals surface area contributed by atoms with Crippen LogP contribution in [0.2, 0.25) is 0 Å². The number of hydrogen-bond donors (Lipinski definition) is 2. The molecule has 1 aromatic rings. The average Bonchev–Trinajstić information content (AvgIpc) is 2.16. The van der Waals surface area contributed by atoms with Gasteiger partial charge in [-0.3, -0.25) is 5.41 Å². The minimum absolute atomic E-state index is 0.0687. The Bertz CT molecular complexity index is 358. The van der Waals surface area contributed by atoms with Gasteiger partial charge in [0, 0.05) is 0 Å². The van der Waals surface area contributed by atoms with Gasteiger partial charge in [-0.2, -0.15) is 0 Å². The summed E-state index contributed by atoms with van der Waals surface area (Å²) in [7, 11) is 0. The molecule has 0 amide bonds. The number of nitrogen functional groups attached to an aromatic ring is 1. The maximum Gasteiger partial charge on any atom is 0.130 e. The van der Waals surface area contributed by atoms with Crippen LogP contribution in [0.4, 0.5) is 0 Å². The van der Waals surface area contributed by atoms with E-state index in [-0.39, 0.29) is 5.84 Å². The third kappa shape index (κ3) is 2.29. The fraction of sp³-hybridized carbons (Fsp3) is 0.417. The summed E-state index contributed by atoms with van der Waals surface area (Å²) in [5.41, 5.74) is 6.16. The molecule has 0 aliphatic heterocycles. The predicted molar refractivity (Wildman–Crippen MR) is 60.3 cm³/mol. The summed E-state index contributed by atoms with van der Waals surface area (Å²) in [6, 6.07) is 7.46. The van der Waals surface area contributed by atoms with Gasteiger partial charge in [-0.15, -0.1) is 0 Å². The van der Waals surface area contributed by atoms with Crippen LogP contribution in [0, 0.1) is 11.3 Å². The summed E-state index contributed by atoms with van der Waals surface area (Å²) >= 11 is 0. The van der Waals surface area contributed by atoms with E-state index in [4.69, 9.17) is 15.9 Å². The molecule has 0 aromatic heterocycles. The largest absolute Gasteiger partial charge is 0.493 e. The summed E-state index contributed by atoms with van der Waals surface area (Å²) in [4.78, 5) is 0. The third-order valence-corrected chi connectivity index (χ3v) is 2.88. The van der Waals surface area contributed by atoms with Gasteiger partial charge in [0.1, 0.15) is 11.6 Å². The molecule has 0 spiro atoms. The molecule has 1 aliphatic rings. The first kappa shape index (κ1) is 10.0. The van der Waals surface area contributed by atoms with Gasteiger partial charge in [0.25, 0.3) is 0 Å². The fourth-order valence-electron chi connectivity index (χ4n) is 1.68. The van der Waals surface area contributed by atoms with Gasteiger partial charge in [0.2, 0.25) is 0 Å². The minimum Gasteiger partial charge on any atom is -0.493 e. The molecule has 0 heterocycles. The van der Waals surface area contributed by atoms with Crippen molar-refractivity contribution < 1.29 is 4.74 Å². The molecular weight excluding hydrogens is 188 g/mol. The fourth-order valence-corrected chi connectivity index (χ4v) is 1.68. The molecule has 1 fully saturated rings. The lowest BCUT2D eigenvalue weighted by atomic mass is 9.86. The zero-order valence-electron chi connectivity index (χ0n) is 8.70. The van der Waals surface area contributed by atoms with Crippen LogP contribution < -0.4 is 10.5 Å². The van der Waals surface area contributed by atoms with Crippen LogP contribution in [0.25, 0.3) is 0 Å². The molecule has 1 aliphatic carbocycles. The molecule has 1 aromatic carbocycles. The standard InChI is InChI=1S/C12H16N2O/c13-12(14)10-6-1-2-7-11(10)15-8-9-4-3-5-9/h1-2,6-7,9H,3-5,8H2,(H3,13,14). The highest BCUT2D eigenvalue weighted by atomic mass is 16.5. The SMILES string of the molecule is N=C(N)c1ccccc1OCC1CCC1. The number of hydrogen-bond acceptors (Lipinski definition) is 2. The number of nitrogens with two attached hydrogens (primary N) is 1. The zero-order valence-corrected chi connectivity index (χ0v) is 8.70. The van der Waals surface area contributed by atoms with E-state index in [0.717, 1.165) is 12.4 Å². The van der Waals surface area contributed by atoms with Gasteiger partial charge < -0.3 is 10.5 Å². The van der Waals surface area contributed by atoms with Crippen molar-refractivity contribution in [2.24, 2.45) is 11.7 Å². The highest BCUT2D eigenvalue weighted by Crippen LogP contribution is 2.27. The summed E-state index contributed by atoms with van der Waals surface area (Å²) in [5, 5.41) is 7.42. The average molecular weight is 204 g/mol. The lowest BCUT2D eigenvalue weighted by Gasteiger charge is -2.25. The maximum absolute atomic E-state index is 7.42. The quantitative estimate of drug-likeness (QED) is 0.583. The summed E-state index contributed by atoms with van der Waals surface area (Å²) in [6.07, 6.45) is 3.85. The van der Waals surface area contributed by atoms with Gasteiger partial charge in [-0.05, 0) is 30.9 Å². The third-order valence-electron chi connectivity index (χ3n) is 2.88. The predicted octanol–water partition coefficient (Wildman–Crippen LogP) is 2.15. The Hall–Kier alpha value is -1.51. The monoisotopic (exact) mass is 204 g/mol. The van der Waals surface area contributed by atoms with Gasteiger partial charge in [0.15, 0.2) is 0 Å². The minimum atomic E-state index is 0.0687. The molecular formula is C12H16N2O. The zero-order chi connectivity index (χ0) is 10.7. The van der Waals surface area contributed by atoms with Crippen molar-refractivity contribution in [2.75, 3.05) is 6.61 Å². The second-order valence-electron chi connectivity index (χ2n) is 4.02. The van der Waals surface area contributed by atoms with E-state index < -0.39 is 0 Å². The van der Waals surface area contributed by atoms with E-state index in [1.54, 1.807) is 0 Å². The number of rotatable bonds is 4. The van der Waals surface area contributed by atoms with Crippen LogP contribution in [-0.4, -0.2) is 12.4 Å². The summed E-state index contributed by atoms with van der Waals surface area (Å²) in [6.45, 7) is 0.754. The van der Waals surface area contributed by atoms with Gasteiger partial charge >= 0.3 is 0 Å². The van der Waals surface area contributed by atoms with E-state index in [1.165, 1.54) is 19.3 Å². The van der Waals surface area contributed by atoms with Gasteiger partial charge in [0.05, 0.1) is 12.2 Å². The molecule has 15 heavy (non-hydrogen) atoms. The Kier molecular flexibility index (Phi) is 2.90. The first-order valence-corrected chi connectivity index (χ1v) is 5.33. The van der Waals surface area contributed by atoms with Crippen LogP contribution in [0.3, 0.4) is 0 Å². The number of ether oxygens (including phenoxy) is 1. The van der Waals surface area contributed by atoms with E-state index >= 15 is 0 Å². The molecule has 3 nitrogen and oxygen atoms in total. The molecule has 0 unspecified atom stereocenters. The van der Waals surface area contributed by atoms with Gasteiger partial charge in [-0.25, -0.2) is 0 Å². The van der Waals surface area contributed by atoms with Crippen LogP contribution in [0.15, 0.2) is 24.3 Å². The van der Waals surface area contributed by atoms with Crippen molar-refractivity contribution >= 4 is 5.84 Å². The second kappa shape index (κ2) is 4.34. The molecule has 2 rings (SSSR count).